The summed E-state index contributed by atoms with van der Waals surface area (Å²) in [4.78, 5) is 10.3. The van der Waals surface area contributed by atoms with Crippen LogP contribution in [-0.4, -0.2) is 12.9 Å². The van der Waals surface area contributed by atoms with Crippen molar-refractivity contribution < 1.29 is 13.9 Å². The average molecular weight is 194 g/mol. The Morgan fingerprint density at radius 2 is 2.29 bits per heavy atom. The molecule has 2 nitrogen and oxygen atoms in total. The van der Waals surface area contributed by atoms with Crippen molar-refractivity contribution in [2.75, 3.05) is 6.61 Å². The van der Waals surface area contributed by atoms with Gasteiger partial charge in [-0.05, 0) is 30.9 Å². The highest BCUT2D eigenvalue weighted by Gasteiger charge is 2.21. The Kier molecular flexibility index (Phi) is 2.48. The normalized spacial score (nSPS) is 15.2. The molecule has 2 rings (SSSR count). The number of aldehydes is 1. The first-order chi connectivity index (χ1) is 6.79. The maximum absolute atomic E-state index is 13.1. The van der Waals surface area contributed by atoms with Crippen molar-refractivity contribution in [3.8, 4) is 5.75 Å². The zero-order chi connectivity index (χ0) is 9.97. The van der Waals surface area contributed by atoms with Crippen molar-refractivity contribution in [2.24, 2.45) is 5.92 Å². The highest BCUT2D eigenvalue weighted by atomic mass is 19.1. The van der Waals surface area contributed by atoms with Crippen LogP contribution in [0.4, 0.5) is 4.39 Å². The summed E-state index contributed by atoms with van der Waals surface area (Å²) in [5.41, 5.74) is 0.0729. The fraction of sp³-hybridized carbons (Fsp3) is 0.364. The summed E-state index contributed by atoms with van der Waals surface area (Å²) >= 11 is 0. The Morgan fingerprint density at radius 3 is 2.86 bits per heavy atom. The molecule has 0 aliphatic heterocycles. The molecule has 0 heterocycles. The zero-order valence-electron chi connectivity index (χ0n) is 7.70. The maximum Gasteiger partial charge on any atom is 0.152 e. The molecular weight excluding hydrogens is 183 g/mol. The first-order valence-electron chi connectivity index (χ1n) is 4.67. The van der Waals surface area contributed by atoms with Crippen LogP contribution in [-0.2, 0) is 0 Å². The molecule has 1 aromatic carbocycles. The fourth-order valence-electron chi connectivity index (χ4n) is 1.19. The summed E-state index contributed by atoms with van der Waals surface area (Å²) in [7, 11) is 0. The lowest BCUT2D eigenvalue weighted by molar-refractivity contribution is 0.111. The molecule has 1 fully saturated rings. The Hall–Kier alpha value is -1.38. The number of carbonyl (C=O) groups excluding carboxylic acids is 1. The molecule has 0 spiro atoms. The van der Waals surface area contributed by atoms with Crippen molar-refractivity contribution in [3.05, 3.63) is 29.6 Å². The van der Waals surface area contributed by atoms with Gasteiger partial charge < -0.3 is 4.74 Å². The number of benzene rings is 1. The smallest absolute Gasteiger partial charge is 0.152 e. The van der Waals surface area contributed by atoms with E-state index in [0.717, 1.165) is 0 Å². The molecule has 0 unspecified atom stereocenters. The molecule has 0 N–H and O–H groups in total. The largest absolute Gasteiger partial charge is 0.493 e. The molecule has 0 atom stereocenters. The van der Waals surface area contributed by atoms with Gasteiger partial charge in [0.25, 0.3) is 0 Å². The second kappa shape index (κ2) is 3.78. The minimum Gasteiger partial charge on any atom is -0.493 e. The Bertz CT molecular complexity index is 345. The van der Waals surface area contributed by atoms with Crippen LogP contribution >= 0.6 is 0 Å². The van der Waals surface area contributed by atoms with Gasteiger partial charge in [0.05, 0.1) is 12.2 Å². The van der Waals surface area contributed by atoms with Gasteiger partial charge in [-0.15, -0.1) is 0 Å². The Morgan fingerprint density at radius 1 is 1.50 bits per heavy atom. The van der Waals surface area contributed by atoms with E-state index in [0.29, 0.717) is 24.6 Å². The van der Waals surface area contributed by atoms with E-state index >= 15 is 0 Å². The zero-order valence-corrected chi connectivity index (χ0v) is 7.70. The number of rotatable bonds is 4. The average Bonchev–Trinajstić information content (AvgIpc) is 2.98. The molecule has 1 aliphatic carbocycles. The lowest BCUT2D eigenvalue weighted by Crippen LogP contribution is -1.99. The Labute approximate surface area is 81.7 Å². The second-order valence-electron chi connectivity index (χ2n) is 3.56. The van der Waals surface area contributed by atoms with Crippen molar-refractivity contribution >= 4 is 6.29 Å². The van der Waals surface area contributed by atoms with E-state index in [4.69, 9.17) is 4.74 Å². The lowest BCUT2D eigenvalue weighted by atomic mass is 10.2. The number of hydrogen-bond acceptors (Lipinski definition) is 2. The predicted octanol–water partition coefficient (Wildman–Crippen LogP) is 2.43. The minimum atomic E-state index is -0.520. The number of ether oxygens (including phenoxy) is 1. The van der Waals surface area contributed by atoms with Gasteiger partial charge in [0.15, 0.2) is 6.29 Å². The summed E-state index contributed by atoms with van der Waals surface area (Å²) in [5, 5.41) is 0. The summed E-state index contributed by atoms with van der Waals surface area (Å²) in [6.07, 6.45) is 2.91. The maximum atomic E-state index is 13.1. The van der Waals surface area contributed by atoms with E-state index in [1.807, 2.05) is 0 Å². The number of halogens is 1. The molecule has 0 amide bonds. The molecule has 0 aromatic heterocycles. The molecule has 0 bridgehead atoms. The van der Waals surface area contributed by atoms with Crippen LogP contribution in [0.3, 0.4) is 0 Å². The summed E-state index contributed by atoms with van der Waals surface area (Å²) in [5.74, 6) is 0.622. The third-order valence-electron chi connectivity index (χ3n) is 2.28. The van der Waals surface area contributed by atoms with Crippen LogP contribution < -0.4 is 4.74 Å². The van der Waals surface area contributed by atoms with Crippen LogP contribution in [0.25, 0.3) is 0 Å². The summed E-state index contributed by atoms with van der Waals surface area (Å²) in [6, 6.07) is 4.31. The lowest BCUT2D eigenvalue weighted by Gasteiger charge is -2.05. The number of carbonyl (C=O) groups is 1. The summed E-state index contributed by atoms with van der Waals surface area (Å²) < 4.78 is 18.4. The van der Waals surface area contributed by atoms with E-state index in [1.54, 1.807) is 6.07 Å². The van der Waals surface area contributed by atoms with Crippen molar-refractivity contribution in [3.63, 3.8) is 0 Å². The second-order valence-corrected chi connectivity index (χ2v) is 3.56. The molecule has 1 saturated carbocycles. The molecule has 0 saturated heterocycles. The van der Waals surface area contributed by atoms with Gasteiger partial charge in [-0.2, -0.15) is 0 Å². The first kappa shape index (κ1) is 9.19. The van der Waals surface area contributed by atoms with Crippen molar-refractivity contribution in [1.29, 1.82) is 0 Å². The molecule has 14 heavy (non-hydrogen) atoms. The molecule has 1 aliphatic rings. The van der Waals surface area contributed by atoms with E-state index in [-0.39, 0.29) is 5.56 Å². The third-order valence-corrected chi connectivity index (χ3v) is 2.28. The van der Waals surface area contributed by atoms with E-state index in [1.165, 1.54) is 25.0 Å². The molecule has 74 valence electrons. The van der Waals surface area contributed by atoms with Gasteiger partial charge in [0, 0.05) is 6.07 Å². The van der Waals surface area contributed by atoms with Crippen LogP contribution in [0.15, 0.2) is 18.2 Å². The Balaban J connectivity index is 2.02. The first-order valence-corrected chi connectivity index (χ1v) is 4.67. The summed E-state index contributed by atoms with van der Waals surface area (Å²) in [6.45, 7) is 0.653. The van der Waals surface area contributed by atoms with Crippen LogP contribution in [0.1, 0.15) is 23.2 Å². The van der Waals surface area contributed by atoms with Crippen molar-refractivity contribution in [1.82, 2.24) is 0 Å². The van der Waals surface area contributed by atoms with Gasteiger partial charge in [0.1, 0.15) is 11.6 Å². The number of hydrogen-bond donors (Lipinski definition) is 0. The van der Waals surface area contributed by atoms with E-state index in [9.17, 15) is 9.18 Å². The van der Waals surface area contributed by atoms with Gasteiger partial charge >= 0.3 is 0 Å². The van der Waals surface area contributed by atoms with Crippen LogP contribution in [0, 0.1) is 11.7 Å². The highest BCUT2D eigenvalue weighted by molar-refractivity contribution is 5.75. The van der Waals surface area contributed by atoms with Gasteiger partial charge in [-0.3, -0.25) is 4.79 Å². The standard InChI is InChI=1S/C11H11FO2/c12-11-5-10(4-3-9(11)6-13)14-7-8-1-2-8/h3-6,8H,1-2,7H2. The van der Waals surface area contributed by atoms with Gasteiger partial charge in [-0.1, -0.05) is 0 Å². The van der Waals surface area contributed by atoms with Crippen LogP contribution in [0.2, 0.25) is 0 Å². The predicted molar refractivity (Wildman–Crippen MR) is 50.0 cm³/mol. The monoisotopic (exact) mass is 194 g/mol. The highest BCUT2D eigenvalue weighted by Crippen LogP contribution is 2.29. The third kappa shape index (κ3) is 2.10. The van der Waals surface area contributed by atoms with E-state index < -0.39 is 5.82 Å². The van der Waals surface area contributed by atoms with Crippen LogP contribution in [0.5, 0.6) is 5.75 Å². The van der Waals surface area contributed by atoms with Gasteiger partial charge in [-0.25, -0.2) is 4.39 Å². The molecular formula is C11H11FO2. The topological polar surface area (TPSA) is 26.3 Å². The quantitative estimate of drug-likeness (QED) is 0.688. The fourth-order valence-corrected chi connectivity index (χ4v) is 1.19. The van der Waals surface area contributed by atoms with E-state index in [2.05, 4.69) is 0 Å². The molecule has 1 aromatic rings. The SMILES string of the molecule is O=Cc1ccc(OCC2CC2)cc1F. The minimum absolute atomic E-state index is 0.0729. The molecule has 3 heteroatoms. The molecule has 0 radical (unpaired) electrons. The van der Waals surface area contributed by atoms with Crippen molar-refractivity contribution in [2.45, 2.75) is 12.8 Å². The van der Waals surface area contributed by atoms with Gasteiger partial charge in [0.2, 0.25) is 0 Å².